The summed E-state index contributed by atoms with van der Waals surface area (Å²) in [6.45, 7) is 4.81. The molecule has 1 amide bonds. The van der Waals surface area contributed by atoms with Crippen LogP contribution in [0.2, 0.25) is 0 Å². The number of nitrogens with zero attached hydrogens (tertiary/aromatic N) is 2. The van der Waals surface area contributed by atoms with E-state index in [1.807, 2.05) is 13.8 Å². The Morgan fingerprint density at radius 2 is 2.40 bits per heavy atom. The highest BCUT2D eigenvalue weighted by molar-refractivity contribution is 7.15. The number of carbonyl (C=O) groups is 1. The van der Waals surface area contributed by atoms with Gasteiger partial charge in [0.05, 0.1) is 5.92 Å². The lowest BCUT2D eigenvalue weighted by molar-refractivity contribution is -0.120. The molecule has 0 aromatic carbocycles. The molecule has 1 aliphatic heterocycles. The summed E-state index contributed by atoms with van der Waals surface area (Å²) in [5.74, 6) is 0.0952. The minimum absolute atomic E-state index is 0.0450. The molecule has 2 atom stereocenters. The second-order valence-electron chi connectivity index (χ2n) is 3.75. The Bertz CT molecular complexity index is 365. The standard InChI is InChI=1S/C9H14N4OS/c1-5-7(3-4-10-5)8(14)11-9-13-12-6(2)15-9/h5,7,10H,3-4H2,1-2H3,(H,11,13,14). The van der Waals surface area contributed by atoms with E-state index < -0.39 is 0 Å². The molecule has 6 heteroatoms. The molecule has 1 aliphatic rings. The van der Waals surface area contributed by atoms with Crippen molar-refractivity contribution in [3.63, 3.8) is 0 Å². The SMILES string of the molecule is Cc1nnc(NC(=O)C2CCNC2C)s1. The van der Waals surface area contributed by atoms with Gasteiger partial charge in [-0.25, -0.2) is 0 Å². The van der Waals surface area contributed by atoms with Gasteiger partial charge in [-0.05, 0) is 26.8 Å². The van der Waals surface area contributed by atoms with E-state index in [4.69, 9.17) is 0 Å². The van der Waals surface area contributed by atoms with Crippen LogP contribution >= 0.6 is 11.3 Å². The number of amides is 1. The maximum absolute atomic E-state index is 11.8. The van der Waals surface area contributed by atoms with Crippen LogP contribution in [0.5, 0.6) is 0 Å². The zero-order valence-corrected chi connectivity index (χ0v) is 9.60. The van der Waals surface area contributed by atoms with E-state index in [2.05, 4.69) is 20.8 Å². The molecule has 2 N–H and O–H groups in total. The van der Waals surface area contributed by atoms with Gasteiger partial charge >= 0.3 is 0 Å². The van der Waals surface area contributed by atoms with Crippen LogP contribution < -0.4 is 10.6 Å². The number of aromatic nitrogens is 2. The first-order valence-electron chi connectivity index (χ1n) is 5.01. The smallest absolute Gasteiger partial charge is 0.230 e. The second-order valence-corrected chi connectivity index (χ2v) is 4.94. The molecule has 15 heavy (non-hydrogen) atoms. The van der Waals surface area contributed by atoms with Crippen molar-refractivity contribution in [2.75, 3.05) is 11.9 Å². The predicted molar refractivity (Wildman–Crippen MR) is 58.8 cm³/mol. The highest BCUT2D eigenvalue weighted by atomic mass is 32.1. The highest BCUT2D eigenvalue weighted by Crippen LogP contribution is 2.19. The van der Waals surface area contributed by atoms with Crippen LogP contribution in [-0.4, -0.2) is 28.7 Å². The summed E-state index contributed by atoms with van der Waals surface area (Å²) in [5.41, 5.74) is 0. The van der Waals surface area contributed by atoms with Gasteiger partial charge < -0.3 is 10.6 Å². The minimum atomic E-state index is 0.0450. The normalized spacial score (nSPS) is 25.5. The molecule has 0 radical (unpaired) electrons. The van der Waals surface area contributed by atoms with Crippen LogP contribution in [0.15, 0.2) is 0 Å². The lowest BCUT2D eigenvalue weighted by Crippen LogP contribution is -2.32. The van der Waals surface area contributed by atoms with Gasteiger partial charge in [0.2, 0.25) is 11.0 Å². The Morgan fingerprint density at radius 1 is 1.60 bits per heavy atom. The zero-order chi connectivity index (χ0) is 10.8. The van der Waals surface area contributed by atoms with Gasteiger partial charge in [0.1, 0.15) is 5.01 Å². The fourth-order valence-electron chi connectivity index (χ4n) is 1.76. The number of nitrogens with one attached hydrogen (secondary N) is 2. The quantitative estimate of drug-likeness (QED) is 0.782. The predicted octanol–water partition coefficient (Wildman–Crippen LogP) is 0.783. The minimum Gasteiger partial charge on any atom is -0.313 e. The van der Waals surface area contributed by atoms with Crippen molar-refractivity contribution in [2.45, 2.75) is 26.3 Å². The van der Waals surface area contributed by atoms with Crippen LogP contribution in [0.1, 0.15) is 18.4 Å². The third kappa shape index (κ3) is 2.32. The van der Waals surface area contributed by atoms with E-state index in [0.29, 0.717) is 5.13 Å². The van der Waals surface area contributed by atoms with Crippen LogP contribution in [-0.2, 0) is 4.79 Å². The lowest BCUT2D eigenvalue weighted by Gasteiger charge is -2.12. The second kappa shape index (κ2) is 4.24. The first kappa shape index (κ1) is 10.5. The summed E-state index contributed by atoms with van der Waals surface area (Å²) in [4.78, 5) is 11.8. The topological polar surface area (TPSA) is 66.9 Å². The Labute approximate surface area is 92.3 Å². The molecule has 1 aromatic rings. The fraction of sp³-hybridized carbons (Fsp3) is 0.667. The molecule has 5 nitrogen and oxygen atoms in total. The first-order valence-corrected chi connectivity index (χ1v) is 5.83. The Balaban J connectivity index is 1.97. The maximum Gasteiger partial charge on any atom is 0.230 e. The molecule has 0 aliphatic carbocycles. The van der Waals surface area contributed by atoms with E-state index in [1.165, 1.54) is 11.3 Å². The highest BCUT2D eigenvalue weighted by Gasteiger charge is 2.29. The van der Waals surface area contributed by atoms with E-state index in [1.54, 1.807) is 0 Å². The van der Waals surface area contributed by atoms with Crippen LogP contribution in [0.3, 0.4) is 0 Å². The summed E-state index contributed by atoms with van der Waals surface area (Å²) in [5, 5.41) is 15.2. The average molecular weight is 226 g/mol. The number of rotatable bonds is 2. The molecule has 2 heterocycles. The van der Waals surface area contributed by atoms with Gasteiger partial charge in [0.15, 0.2) is 0 Å². The summed E-state index contributed by atoms with van der Waals surface area (Å²) in [6, 6.07) is 0.249. The van der Waals surface area contributed by atoms with Crippen LogP contribution in [0.4, 0.5) is 5.13 Å². The van der Waals surface area contributed by atoms with Gasteiger partial charge in [0.25, 0.3) is 0 Å². The van der Waals surface area contributed by atoms with Crippen LogP contribution in [0.25, 0.3) is 0 Å². The Kier molecular flexibility index (Phi) is 2.97. The summed E-state index contributed by atoms with van der Waals surface area (Å²) in [7, 11) is 0. The third-order valence-corrected chi connectivity index (χ3v) is 3.37. The van der Waals surface area contributed by atoms with Crippen molar-refractivity contribution in [1.29, 1.82) is 0 Å². The largest absolute Gasteiger partial charge is 0.313 e. The number of anilines is 1. The van der Waals surface area contributed by atoms with Crippen molar-refractivity contribution in [2.24, 2.45) is 5.92 Å². The molecule has 1 aromatic heterocycles. The van der Waals surface area contributed by atoms with Gasteiger partial charge in [-0.2, -0.15) is 0 Å². The molecule has 1 fully saturated rings. The molecule has 0 spiro atoms. The number of hydrogen-bond acceptors (Lipinski definition) is 5. The van der Waals surface area contributed by atoms with Crippen molar-refractivity contribution >= 4 is 22.4 Å². The van der Waals surface area contributed by atoms with Gasteiger partial charge in [0, 0.05) is 6.04 Å². The Morgan fingerprint density at radius 3 is 2.93 bits per heavy atom. The van der Waals surface area contributed by atoms with Gasteiger partial charge in [-0.1, -0.05) is 11.3 Å². The van der Waals surface area contributed by atoms with Gasteiger partial charge in [-0.15, -0.1) is 10.2 Å². The van der Waals surface area contributed by atoms with Crippen molar-refractivity contribution < 1.29 is 4.79 Å². The number of hydrogen-bond donors (Lipinski definition) is 2. The molecule has 2 rings (SSSR count). The van der Waals surface area contributed by atoms with E-state index >= 15 is 0 Å². The molecule has 82 valence electrons. The molecule has 0 saturated carbocycles. The molecule has 0 bridgehead atoms. The maximum atomic E-state index is 11.8. The molecule has 1 saturated heterocycles. The average Bonchev–Trinajstić information content (AvgIpc) is 2.75. The molecular weight excluding hydrogens is 212 g/mol. The van der Waals surface area contributed by atoms with E-state index in [-0.39, 0.29) is 17.9 Å². The monoisotopic (exact) mass is 226 g/mol. The van der Waals surface area contributed by atoms with Crippen molar-refractivity contribution in [3.8, 4) is 0 Å². The van der Waals surface area contributed by atoms with E-state index in [0.717, 1.165) is 18.0 Å². The lowest BCUT2D eigenvalue weighted by atomic mass is 10.0. The number of aryl methyl sites for hydroxylation is 1. The van der Waals surface area contributed by atoms with Gasteiger partial charge in [-0.3, -0.25) is 4.79 Å². The van der Waals surface area contributed by atoms with E-state index in [9.17, 15) is 4.79 Å². The van der Waals surface area contributed by atoms with Crippen molar-refractivity contribution in [3.05, 3.63) is 5.01 Å². The summed E-state index contributed by atoms with van der Waals surface area (Å²) >= 11 is 1.40. The molecule has 2 unspecified atom stereocenters. The molecular formula is C9H14N4OS. The fourth-order valence-corrected chi connectivity index (χ4v) is 2.36. The zero-order valence-electron chi connectivity index (χ0n) is 8.78. The van der Waals surface area contributed by atoms with Crippen molar-refractivity contribution in [1.82, 2.24) is 15.5 Å². The Hall–Kier alpha value is -1.01. The first-order chi connectivity index (χ1) is 7.16. The van der Waals surface area contributed by atoms with Crippen LogP contribution in [0, 0.1) is 12.8 Å². The number of carbonyl (C=O) groups excluding carboxylic acids is 1. The summed E-state index contributed by atoms with van der Waals surface area (Å²) in [6.07, 6.45) is 0.894. The third-order valence-electron chi connectivity index (χ3n) is 2.62. The summed E-state index contributed by atoms with van der Waals surface area (Å²) < 4.78 is 0.